The predicted octanol–water partition coefficient (Wildman–Crippen LogP) is 3.22. The number of aryl methyl sites for hydroxylation is 1. The highest BCUT2D eigenvalue weighted by Crippen LogP contribution is 2.31. The molecule has 0 saturated heterocycles. The van der Waals surface area contributed by atoms with E-state index in [1.165, 1.54) is 41.7 Å². The third kappa shape index (κ3) is 3.31. The highest BCUT2D eigenvalue weighted by atomic mass is 32.2. The summed E-state index contributed by atoms with van der Waals surface area (Å²) >= 11 is 1.20. The van der Waals surface area contributed by atoms with Crippen LogP contribution in [0.15, 0.2) is 62.6 Å². The molecule has 0 aliphatic rings. The third-order valence-electron chi connectivity index (χ3n) is 4.20. The number of hydrogen-bond donors (Lipinski definition) is 2. The molecule has 4 rings (SSSR count). The summed E-state index contributed by atoms with van der Waals surface area (Å²) < 4.78 is 28.6. The molecule has 0 aliphatic heterocycles. The Morgan fingerprint density at radius 1 is 1.07 bits per heavy atom. The van der Waals surface area contributed by atoms with E-state index in [1.807, 2.05) is 19.1 Å². The molecular weight excluding hydrogens is 400 g/mol. The maximum Gasteiger partial charge on any atom is 0.345 e. The molecule has 142 valence electrons. The van der Waals surface area contributed by atoms with Crippen molar-refractivity contribution in [1.29, 1.82) is 0 Å². The van der Waals surface area contributed by atoms with Gasteiger partial charge in [0.2, 0.25) is 10.0 Å². The molecule has 7 nitrogen and oxygen atoms in total. The minimum Gasteiger partial charge on any atom is -0.422 e. The Kier molecular flexibility index (Phi) is 4.30. The zero-order chi connectivity index (χ0) is 20.1. The smallest absolute Gasteiger partial charge is 0.345 e. The molecule has 0 aliphatic carbocycles. The number of sulfonamides is 1. The van der Waals surface area contributed by atoms with Crippen LogP contribution >= 0.6 is 11.3 Å². The lowest BCUT2D eigenvalue weighted by Gasteiger charge is -2.04. The summed E-state index contributed by atoms with van der Waals surface area (Å²) in [6, 6.07) is 12.5. The second kappa shape index (κ2) is 6.55. The lowest BCUT2D eigenvalue weighted by Crippen LogP contribution is -2.13. The minimum atomic E-state index is -3.80. The van der Waals surface area contributed by atoms with Crippen LogP contribution in [0, 0.1) is 6.92 Å². The van der Waals surface area contributed by atoms with Crippen molar-refractivity contribution >= 4 is 54.0 Å². The highest BCUT2D eigenvalue weighted by molar-refractivity contribution is 7.89. The molecule has 1 amide bonds. The molecule has 2 heterocycles. The van der Waals surface area contributed by atoms with Crippen LogP contribution in [0.25, 0.3) is 21.1 Å². The summed E-state index contributed by atoms with van der Waals surface area (Å²) in [7, 11) is -3.80. The van der Waals surface area contributed by atoms with E-state index in [-0.39, 0.29) is 4.90 Å². The van der Waals surface area contributed by atoms with Crippen LogP contribution in [0.3, 0.4) is 0 Å². The Hall–Kier alpha value is -3.01. The standard InChI is InChI=1S/C19H14N2O5S2/c1-10-2-7-15-13(8-10)17-14(19(23)26-15)9-16(27-17)18(22)21-11-3-5-12(6-4-11)28(20,24)25/h2-9H,1H3,(H,21,22)(H2,20,24,25). The Morgan fingerprint density at radius 3 is 2.46 bits per heavy atom. The van der Waals surface area contributed by atoms with Gasteiger partial charge in [-0.05, 0) is 49.4 Å². The molecule has 2 aromatic heterocycles. The average Bonchev–Trinajstić information content (AvgIpc) is 3.09. The quantitative estimate of drug-likeness (QED) is 0.499. The number of nitrogens with one attached hydrogen (secondary N) is 1. The maximum atomic E-state index is 12.6. The Morgan fingerprint density at radius 2 is 1.79 bits per heavy atom. The van der Waals surface area contributed by atoms with Gasteiger partial charge in [0.15, 0.2) is 0 Å². The minimum absolute atomic E-state index is 0.0493. The second-order valence-electron chi connectivity index (χ2n) is 6.27. The van der Waals surface area contributed by atoms with E-state index in [0.717, 1.165) is 10.9 Å². The van der Waals surface area contributed by atoms with Gasteiger partial charge in [0.05, 0.1) is 19.9 Å². The first-order valence-electron chi connectivity index (χ1n) is 8.13. The number of hydrogen-bond acceptors (Lipinski definition) is 6. The molecule has 28 heavy (non-hydrogen) atoms. The fraction of sp³-hybridized carbons (Fsp3) is 0.0526. The van der Waals surface area contributed by atoms with E-state index < -0.39 is 21.6 Å². The van der Waals surface area contributed by atoms with Gasteiger partial charge in [0, 0.05) is 11.1 Å². The van der Waals surface area contributed by atoms with Gasteiger partial charge >= 0.3 is 5.63 Å². The Balaban J connectivity index is 1.72. The third-order valence-corrected chi connectivity index (χ3v) is 6.30. The van der Waals surface area contributed by atoms with E-state index >= 15 is 0 Å². The number of anilines is 1. The van der Waals surface area contributed by atoms with Crippen LogP contribution in [-0.4, -0.2) is 14.3 Å². The predicted molar refractivity (Wildman–Crippen MR) is 108 cm³/mol. The summed E-state index contributed by atoms with van der Waals surface area (Å²) in [5.41, 5.74) is 1.38. The van der Waals surface area contributed by atoms with Crippen molar-refractivity contribution < 1.29 is 17.6 Å². The molecule has 0 spiro atoms. The molecule has 0 saturated carbocycles. The van der Waals surface area contributed by atoms with Gasteiger partial charge in [-0.15, -0.1) is 11.3 Å². The normalized spacial score (nSPS) is 11.8. The first-order valence-corrected chi connectivity index (χ1v) is 10.5. The topological polar surface area (TPSA) is 119 Å². The van der Waals surface area contributed by atoms with Gasteiger partial charge in [-0.3, -0.25) is 4.79 Å². The van der Waals surface area contributed by atoms with E-state index in [9.17, 15) is 18.0 Å². The van der Waals surface area contributed by atoms with Crippen LogP contribution in [0.4, 0.5) is 5.69 Å². The lowest BCUT2D eigenvalue weighted by atomic mass is 10.1. The molecule has 2 aromatic carbocycles. The molecular formula is C19H14N2O5S2. The van der Waals surface area contributed by atoms with Gasteiger partial charge in [-0.1, -0.05) is 11.6 Å². The molecule has 3 N–H and O–H groups in total. The fourth-order valence-electron chi connectivity index (χ4n) is 2.84. The number of nitrogens with two attached hydrogens (primary N) is 1. The number of primary sulfonamides is 1. The Labute approximate surface area is 163 Å². The number of rotatable bonds is 3. The van der Waals surface area contributed by atoms with Crippen LogP contribution in [-0.2, 0) is 10.0 Å². The number of carbonyl (C=O) groups is 1. The number of fused-ring (bicyclic) bond motifs is 3. The second-order valence-corrected chi connectivity index (χ2v) is 8.88. The molecule has 0 radical (unpaired) electrons. The maximum absolute atomic E-state index is 12.6. The number of benzene rings is 2. The van der Waals surface area contributed by atoms with Crippen LogP contribution in [0.5, 0.6) is 0 Å². The van der Waals surface area contributed by atoms with E-state index in [1.54, 1.807) is 6.07 Å². The van der Waals surface area contributed by atoms with Gasteiger partial charge in [0.1, 0.15) is 5.58 Å². The van der Waals surface area contributed by atoms with Crippen molar-refractivity contribution in [2.24, 2.45) is 5.14 Å². The summed E-state index contributed by atoms with van der Waals surface area (Å²) in [5.74, 6) is -0.412. The Bertz CT molecular complexity index is 1400. The van der Waals surface area contributed by atoms with Gasteiger partial charge in [0.25, 0.3) is 5.91 Å². The monoisotopic (exact) mass is 414 g/mol. The number of carbonyl (C=O) groups excluding carboxylic acids is 1. The van der Waals surface area contributed by atoms with Crippen molar-refractivity contribution in [2.45, 2.75) is 11.8 Å². The zero-order valence-corrected chi connectivity index (χ0v) is 16.2. The summed E-state index contributed by atoms with van der Waals surface area (Å²) in [4.78, 5) is 25.1. The van der Waals surface area contributed by atoms with E-state index in [2.05, 4.69) is 5.32 Å². The van der Waals surface area contributed by atoms with E-state index in [0.29, 0.717) is 26.2 Å². The van der Waals surface area contributed by atoms with Crippen LogP contribution in [0.2, 0.25) is 0 Å². The zero-order valence-electron chi connectivity index (χ0n) is 14.6. The van der Waals surface area contributed by atoms with Crippen LogP contribution < -0.4 is 16.1 Å². The molecule has 0 atom stereocenters. The molecule has 0 unspecified atom stereocenters. The molecule has 0 fully saturated rings. The molecule has 9 heteroatoms. The lowest BCUT2D eigenvalue weighted by molar-refractivity contribution is 0.103. The fourth-order valence-corrected chi connectivity index (χ4v) is 4.42. The summed E-state index contributed by atoms with van der Waals surface area (Å²) in [6.07, 6.45) is 0. The number of amides is 1. The average molecular weight is 414 g/mol. The van der Waals surface area contributed by atoms with Crippen molar-refractivity contribution in [3.8, 4) is 0 Å². The SMILES string of the molecule is Cc1ccc2oc(=O)c3cc(C(=O)Nc4ccc(S(N)(=O)=O)cc4)sc3c2c1. The van der Waals surface area contributed by atoms with Crippen molar-refractivity contribution in [3.63, 3.8) is 0 Å². The van der Waals surface area contributed by atoms with Gasteiger partial charge < -0.3 is 9.73 Å². The van der Waals surface area contributed by atoms with Gasteiger partial charge in [-0.2, -0.15) is 0 Å². The van der Waals surface area contributed by atoms with E-state index in [4.69, 9.17) is 9.56 Å². The van der Waals surface area contributed by atoms with Crippen molar-refractivity contribution in [1.82, 2.24) is 0 Å². The summed E-state index contributed by atoms with van der Waals surface area (Å²) in [6.45, 7) is 1.93. The largest absolute Gasteiger partial charge is 0.422 e. The first-order chi connectivity index (χ1) is 13.2. The number of thiophene rings is 1. The van der Waals surface area contributed by atoms with Gasteiger partial charge in [-0.25, -0.2) is 18.4 Å². The van der Waals surface area contributed by atoms with Crippen molar-refractivity contribution in [2.75, 3.05) is 5.32 Å². The van der Waals surface area contributed by atoms with Crippen LogP contribution in [0.1, 0.15) is 15.2 Å². The summed E-state index contributed by atoms with van der Waals surface area (Å²) in [5, 5.41) is 8.86. The van der Waals surface area contributed by atoms with Crippen molar-refractivity contribution in [3.05, 3.63) is 69.4 Å². The first kappa shape index (κ1) is 18.4. The highest BCUT2D eigenvalue weighted by Gasteiger charge is 2.16. The molecule has 0 bridgehead atoms. The molecule has 4 aromatic rings.